The molecule has 0 bridgehead atoms. The molecule has 0 aliphatic carbocycles. The van der Waals surface area contributed by atoms with Gasteiger partial charge >= 0.3 is 0 Å². The molecule has 2 unspecified atom stereocenters. The van der Waals surface area contributed by atoms with Gasteiger partial charge < -0.3 is 10.5 Å². The quantitative estimate of drug-likeness (QED) is 0.710. The van der Waals surface area contributed by atoms with Crippen molar-refractivity contribution >= 4 is 0 Å². The summed E-state index contributed by atoms with van der Waals surface area (Å²) in [7, 11) is 0. The first-order valence-corrected chi connectivity index (χ1v) is 4.17. The lowest BCUT2D eigenvalue weighted by molar-refractivity contribution is 0.0474. The van der Waals surface area contributed by atoms with Crippen molar-refractivity contribution in [1.29, 1.82) is 0 Å². The molecule has 0 spiro atoms. The van der Waals surface area contributed by atoms with Crippen molar-refractivity contribution in [1.82, 2.24) is 0 Å². The summed E-state index contributed by atoms with van der Waals surface area (Å²) in [5, 5.41) is 0. The Labute approximate surface area is 71.1 Å². The van der Waals surface area contributed by atoms with E-state index in [-0.39, 0.29) is 5.92 Å². The third kappa shape index (κ3) is 2.38. The van der Waals surface area contributed by atoms with Gasteiger partial charge in [0.25, 0.3) is 6.43 Å². The highest BCUT2D eigenvalue weighted by Crippen LogP contribution is 2.26. The van der Waals surface area contributed by atoms with Crippen LogP contribution in [0.25, 0.3) is 0 Å². The maximum Gasteiger partial charge on any atom is 0.256 e. The van der Waals surface area contributed by atoms with Crippen LogP contribution >= 0.6 is 0 Å². The van der Waals surface area contributed by atoms with E-state index in [2.05, 4.69) is 0 Å². The van der Waals surface area contributed by atoms with Gasteiger partial charge in [-0.2, -0.15) is 0 Å². The summed E-state index contributed by atoms with van der Waals surface area (Å²) >= 11 is 0. The highest BCUT2D eigenvalue weighted by molar-refractivity contribution is 4.85. The minimum atomic E-state index is -2.45. The molecule has 2 N–H and O–H groups in total. The van der Waals surface area contributed by atoms with Crippen LogP contribution in [0.1, 0.15) is 19.8 Å². The maximum absolute atomic E-state index is 12.3. The zero-order valence-corrected chi connectivity index (χ0v) is 7.22. The van der Waals surface area contributed by atoms with Crippen molar-refractivity contribution in [3.05, 3.63) is 0 Å². The standard InChI is InChI=1S/C8H15F2NO/c1-8(11,7(9)10)4-6-2-3-12-5-6/h6-7H,2-5,11H2,1H3. The van der Waals surface area contributed by atoms with E-state index in [0.29, 0.717) is 19.6 Å². The van der Waals surface area contributed by atoms with Crippen LogP contribution in [0.15, 0.2) is 0 Å². The highest BCUT2D eigenvalue weighted by atomic mass is 19.3. The lowest BCUT2D eigenvalue weighted by atomic mass is 9.90. The van der Waals surface area contributed by atoms with Crippen molar-refractivity contribution in [3.8, 4) is 0 Å². The Kier molecular flexibility index (Phi) is 3.01. The predicted molar refractivity (Wildman–Crippen MR) is 42.1 cm³/mol. The minimum Gasteiger partial charge on any atom is -0.381 e. The molecule has 2 nitrogen and oxygen atoms in total. The second-order valence-corrected chi connectivity index (χ2v) is 3.74. The molecule has 1 heterocycles. The average molecular weight is 179 g/mol. The predicted octanol–water partition coefficient (Wildman–Crippen LogP) is 1.40. The Balaban J connectivity index is 2.37. The van der Waals surface area contributed by atoms with Crippen molar-refractivity contribution in [2.45, 2.75) is 31.7 Å². The molecule has 0 aromatic heterocycles. The Morgan fingerprint density at radius 1 is 1.67 bits per heavy atom. The third-order valence-electron chi connectivity index (χ3n) is 2.25. The van der Waals surface area contributed by atoms with Gasteiger partial charge in [-0.1, -0.05) is 0 Å². The zero-order chi connectivity index (χ0) is 9.19. The maximum atomic E-state index is 12.3. The average Bonchev–Trinajstić information content (AvgIpc) is 2.38. The van der Waals surface area contributed by atoms with Gasteiger partial charge in [-0.25, -0.2) is 8.78 Å². The summed E-state index contributed by atoms with van der Waals surface area (Å²) in [6.45, 7) is 2.67. The molecule has 0 radical (unpaired) electrons. The molecule has 1 fully saturated rings. The summed E-state index contributed by atoms with van der Waals surface area (Å²) in [6, 6.07) is 0. The normalized spacial score (nSPS) is 29.2. The van der Waals surface area contributed by atoms with Crippen LogP contribution in [-0.2, 0) is 4.74 Å². The zero-order valence-electron chi connectivity index (χ0n) is 7.22. The van der Waals surface area contributed by atoms with Gasteiger partial charge in [0.05, 0.1) is 5.54 Å². The smallest absolute Gasteiger partial charge is 0.256 e. The number of halogens is 2. The Morgan fingerprint density at radius 3 is 2.75 bits per heavy atom. The molecule has 0 saturated carbocycles. The molecule has 1 saturated heterocycles. The molecule has 0 amide bonds. The molecule has 1 aliphatic rings. The molecule has 12 heavy (non-hydrogen) atoms. The van der Waals surface area contributed by atoms with Gasteiger partial charge in [-0.05, 0) is 25.7 Å². The molecule has 0 aromatic rings. The molecule has 72 valence electrons. The van der Waals surface area contributed by atoms with E-state index in [1.807, 2.05) is 0 Å². The number of hydrogen-bond acceptors (Lipinski definition) is 2. The fraction of sp³-hybridized carbons (Fsp3) is 1.00. The number of alkyl halides is 2. The second-order valence-electron chi connectivity index (χ2n) is 3.74. The van der Waals surface area contributed by atoms with Gasteiger partial charge in [0, 0.05) is 13.2 Å². The molecular formula is C8H15F2NO. The summed E-state index contributed by atoms with van der Waals surface area (Å²) < 4.78 is 29.7. The third-order valence-corrected chi connectivity index (χ3v) is 2.25. The van der Waals surface area contributed by atoms with Crippen molar-refractivity contribution < 1.29 is 13.5 Å². The van der Waals surface area contributed by atoms with E-state index in [1.165, 1.54) is 6.92 Å². The fourth-order valence-corrected chi connectivity index (χ4v) is 1.46. The van der Waals surface area contributed by atoms with Gasteiger partial charge in [0.2, 0.25) is 0 Å². The van der Waals surface area contributed by atoms with Crippen LogP contribution in [-0.4, -0.2) is 25.2 Å². The molecule has 1 aliphatic heterocycles. The summed E-state index contributed by atoms with van der Waals surface area (Å²) in [4.78, 5) is 0. The van der Waals surface area contributed by atoms with Gasteiger partial charge in [0.1, 0.15) is 0 Å². The molecule has 2 atom stereocenters. The van der Waals surface area contributed by atoms with Crippen LogP contribution in [0.5, 0.6) is 0 Å². The Bertz CT molecular complexity index is 144. The Hall–Kier alpha value is -0.220. The largest absolute Gasteiger partial charge is 0.381 e. The first-order valence-electron chi connectivity index (χ1n) is 4.17. The van der Waals surface area contributed by atoms with Crippen LogP contribution < -0.4 is 5.73 Å². The Morgan fingerprint density at radius 2 is 2.33 bits per heavy atom. The van der Waals surface area contributed by atoms with Crippen LogP contribution in [0, 0.1) is 5.92 Å². The topological polar surface area (TPSA) is 35.2 Å². The van der Waals surface area contributed by atoms with Crippen LogP contribution in [0.2, 0.25) is 0 Å². The van der Waals surface area contributed by atoms with Crippen molar-refractivity contribution in [2.75, 3.05) is 13.2 Å². The molecule has 1 rings (SSSR count). The van der Waals surface area contributed by atoms with Gasteiger partial charge in [-0.3, -0.25) is 0 Å². The van der Waals surface area contributed by atoms with E-state index in [4.69, 9.17) is 10.5 Å². The minimum absolute atomic E-state index is 0.217. The SMILES string of the molecule is CC(N)(CC1CCOC1)C(F)F. The van der Waals surface area contributed by atoms with E-state index in [1.54, 1.807) is 0 Å². The number of hydrogen-bond donors (Lipinski definition) is 1. The molecule has 4 heteroatoms. The number of rotatable bonds is 3. The lowest BCUT2D eigenvalue weighted by Crippen LogP contribution is -2.45. The van der Waals surface area contributed by atoms with E-state index >= 15 is 0 Å². The fourth-order valence-electron chi connectivity index (χ4n) is 1.46. The van der Waals surface area contributed by atoms with Gasteiger partial charge in [0.15, 0.2) is 0 Å². The van der Waals surface area contributed by atoms with Crippen molar-refractivity contribution in [3.63, 3.8) is 0 Å². The summed E-state index contributed by atoms with van der Waals surface area (Å²) in [5.74, 6) is 0.217. The first kappa shape index (κ1) is 9.86. The second kappa shape index (κ2) is 3.66. The van der Waals surface area contributed by atoms with E-state index < -0.39 is 12.0 Å². The van der Waals surface area contributed by atoms with Gasteiger partial charge in [-0.15, -0.1) is 0 Å². The number of nitrogens with two attached hydrogens (primary N) is 1. The van der Waals surface area contributed by atoms with Crippen LogP contribution in [0.4, 0.5) is 8.78 Å². The monoisotopic (exact) mass is 179 g/mol. The molecular weight excluding hydrogens is 164 g/mol. The number of ether oxygens (including phenoxy) is 1. The van der Waals surface area contributed by atoms with E-state index in [0.717, 1.165) is 6.42 Å². The lowest BCUT2D eigenvalue weighted by Gasteiger charge is -2.25. The highest BCUT2D eigenvalue weighted by Gasteiger charge is 2.34. The summed E-state index contributed by atoms with van der Waals surface area (Å²) in [5.41, 5.74) is 4.08. The first-order chi connectivity index (χ1) is 5.52. The van der Waals surface area contributed by atoms with E-state index in [9.17, 15) is 8.78 Å². The summed E-state index contributed by atoms with van der Waals surface area (Å²) in [6.07, 6.45) is -1.23. The van der Waals surface area contributed by atoms with Crippen molar-refractivity contribution in [2.24, 2.45) is 11.7 Å². The van der Waals surface area contributed by atoms with Crippen LogP contribution in [0.3, 0.4) is 0 Å². The molecule has 0 aromatic carbocycles.